The molecule has 1 aromatic heterocycles. The van der Waals surface area contributed by atoms with Crippen molar-refractivity contribution in [1.29, 1.82) is 0 Å². The Morgan fingerprint density at radius 3 is 2.46 bits per heavy atom. The Morgan fingerprint density at radius 1 is 1.04 bits per heavy atom. The van der Waals surface area contributed by atoms with Gasteiger partial charge in [-0.15, -0.1) is 0 Å². The molecule has 0 unspecified atom stereocenters. The first kappa shape index (κ1) is 18.1. The average Bonchev–Trinajstić information content (AvgIpc) is 3.24. The fourth-order valence-electron chi connectivity index (χ4n) is 3.50. The van der Waals surface area contributed by atoms with Gasteiger partial charge in [-0.3, -0.25) is 9.89 Å². The molecule has 0 radical (unpaired) electrons. The SMILES string of the molecule is COc1ccc(-c2cc(C(=O)N3CCN(c4cccc(C)c4)CC3)[nH]n2)cc1. The van der Waals surface area contributed by atoms with Gasteiger partial charge in [-0.25, -0.2) is 0 Å². The van der Waals surface area contributed by atoms with Crippen LogP contribution in [0.4, 0.5) is 5.69 Å². The van der Waals surface area contributed by atoms with Gasteiger partial charge in [-0.2, -0.15) is 5.10 Å². The second-order valence-electron chi connectivity index (χ2n) is 7.01. The largest absolute Gasteiger partial charge is 0.497 e. The number of carbonyl (C=O) groups is 1. The Balaban J connectivity index is 1.41. The molecular weight excluding hydrogens is 352 g/mol. The standard InChI is InChI=1S/C22H24N4O2/c1-16-4-3-5-18(14-16)25-10-12-26(13-11-25)22(27)21-15-20(23-24-21)17-6-8-19(28-2)9-7-17/h3-9,14-15H,10-13H2,1-2H3,(H,23,24). The third kappa shape index (κ3) is 3.71. The lowest BCUT2D eigenvalue weighted by Gasteiger charge is -2.36. The van der Waals surface area contributed by atoms with Crippen molar-refractivity contribution in [3.63, 3.8) is 0 Å². The lowest BCUT2D eigenvalue weighted by molar-refractivity contribution is 0.0741. The lowest BCUT2D eigenvalue weighted by Crippen LogP contribution is -2.48. The molecular formula is C22H24N4O2. The fourth-order valence-corrected chi connectivity index (χ4v) is 3.50. The Bertz CT molecular complexity index is 957. The number of methoxy groups -OCH3 is 1. The summed E-state index contributed by atoms with van der Waals surface area (Å²) in [6.07, 6.45) is 0. The first-order valence-corrected chi connectivity index (χ1v) is 9.45. The van der Waals surface area contributed by atoms with E-state index >= 15 is 0 Å². The van der Waals surface area contributed by atoms with Crippen LogP contribution in [0.5, 0.6) is 5.75 Å². The molecule has 0 atom stereocenters. The first-order chi connectivity index (χ1) is 13.6. The van der Waals surface area contributed by atoms with E-state index < -0.39 is 0 Å². The molecule has 1 N–H and O–H groups in total. The van der Waals surface area contributed by atoms with Crippen LogP contribution in [0.2, 0.25) is 0 Å². The van der Waals surface area contributed by atoms with Crippen LogP contribution in [0.15, 0.2) is 54.6 Å². The molecule has 1 fully saturated rings. The number of nitrogens with zero attached hydrogens (tertiary/aromatic N) is 3. The maximum absolute atomic E-state index is 12.9. The zero-order valence-electron chi connectivity index (χ0n) is 16.2. The minimum Gasteiger partial charge on any atom is -0.497 e. The predicted molar refractivity (Wildman–Crippen MR) is 110 cm³/mol. The number of aryl methyl sites for hydroxylation is 1. The molecule has 0 spiro atoms. The number of nitrogens with one attached hydrogen (secondary N) is 1. The molecule has 2 heterocycles. The Hall–Kier alpha value is -3.28. The molecule has 3 aromatic rings. The summed E-state index contributed by atoms with van der Waals surface area (Å²) in [7, 11) is 1.64. The van der Waals surface area contributed by atoms with Crippen LogP contribution >= 0.6 is 0 Å². The van der Waals surface area contributed by atoms with Crippen LogP contribution in [0.3, 0.4) is 0 Å². The van der Waals surface area contributed by atoms with Crippen LogP contribution in [0.25, 0.3) is 11.3 Å². The van der Waals surface area contributed by atoms with Crippen molar-refractivity contribution in [3.8, 4) is 17.0 Å². The maximum atomic E-state index is 12.9. The normalized spacial score (nSPS) is 14.2. The summed E-state index contributed by atoms with van der Waals surface area (Å²) in [6, 6.07) is 17.9. The molecule has 0 saturated carbocycles. The monoisotopic (exact) mass is 376 g/mol. The fraction of sp³-hybridized carbons (Fsp3) is 0.273. The Morgan fingerprint density at radius 2 is 1.79 bits per heavy atom. The number of hydrogen-bond acceptors (Lipinski definition) is 4. The molecule has 4 rings (SSSR count). The zero-order chi connectivity index (χ0) is 19.5. The second-order valence-corrected chi connectivity index (χ2v) is 7.01. The number of ether oxygens (including phenoxy) is 1. The van der Waals surface area contributed by atoms with Gasteiger partial charge in [0.05, 0.1) is 12.8 Å². The molecule has 0 bridgehead atoms. The second kappa shape index (κ2) is 7.76. The predicted octanol–water partition coefficient (Wildman–Crippen LogP) is 3.36. The van der Waals surface area contributed by atoms with E-state index in [0.717, 1.165) is 30.1 Å². The summed E-state index contributed by atoms with van der Waals surface area (Å²) in [4.78, 5) is 17.1. The van der Waals surface area contributed by atoms with E-state index in [1.165, 1.54) is 11.3 Å². The van der Waals surface area contributed by atoms with Crippen LogP contribution < -0.4 is 9.64 Å². The smallest absolute Gasteiger partial charge is 0.272 e. The number of amides is 1. The van der Waals surface area contributed by atoms with Gasteiger partial charge in [0.25, 0.3) is 5.91 Å². The summed E-state index contributed by atoms with van der Waals surface area (Å²) in [5, 5.41) is 7.20. The maximum Gasteiger partial charge on any atom is 0.272 e. The minimum absolute atomic E-state index is 0.00356. The molecule has 1 amide bonds. The van der Waals surface area contributed by atoms with E-state index in [9.17, 15) is 4.79 Å². The summed E-state index contributed by atoms with van der Waals surface area (Å²) in [5.74, 6) is 0.790. The molecule has 28 heavy (non-hydrogen) atoms. The van der Waals surface area contributed by atoms with Crippen LogP contribution in [0, 0.1) is 6.92 Å². The number of benzene rings is 2. The van der Waals surface area contributed by atoms with Crippen molar-refractivity contribution in [2.45, 2.75) is 6.92 Å². The molecule has 144 valence electrons. The van der Waals surface area contributed by atoms with Crippen molar-refractivity contribution in [2.24, 2.45) is 0 Å². The highest BCUT2D eigenvalue weighted by atomic mass is 16.5. The zero-order valence-corrected chi connectivity index (χ0v) is 16.2. The van der Waals surface area contributed by atoms with Gasteiger partial charge < -0.3 is 14.5 Å². The number of piperazine rings is 1. The van der Waals surface area contributed by atoms with Crippen LogP contribution in [-0.2, 0) is 0 Å². The highest BCUT2D eigenvalue weighted by Crippen LogP contribution is 2.22. The summed E-state index contributed by atoms with van der Waals surface area (Å²) in [5.41, 5.74) is 4.69. The molecule has 1 aliphatic rings. The van der Waals surface area contributed by atoms with E-state index in [-0.39, 0.29) is 5.91 Å². The van der Waals surface area contributed by atoms with Gasteiger partial charge in [0.1, 0.15) is 11.4 Å². The number of anilines is 1. The van der Waals surface area contributed by atoms with E-state index in [1.807, 2.05) is 35.2 Å². The van der Waals surface area contributed by atoms with Crippen molar-refractivity contribution >= 4 is 11.6 Å². The third-order valence-corrected chi connectivity index (χ3v) is 5.13. The topological polar surface area (TPSA) is 61.5 Å². The van der Waals surface area contributed by atoms with Crippen molar-refractivity contribution in [1.82, 2.24) is 15.1 Å². The van der Waals surface area contributed by atoms with Crippen molar-refractivity contribution < 1.29 is 9.53 Å². The van der Waals surface area contributed by atoms with Gasteiger partial charge in [0, 0.05) is 37.4 Å². The highest BCUT2D eigenvalue weighted by Gasteiger charge is 2.24. The van der Waals surface area contributed by atoms with Gasteiger partial charge in [-0.05, 0) is 55.0 Å². The summed E-state index contributed by atoms with van der Waals surface area (Å²) >= 11 is 0. The average molecular weight is 376 g/mol. The van der Waals surface area contributed by atoms with Gasteiger partial charge in [0.15, 0.2) is 0 Å². The summed E-state index contributed by atoms with van der Waals surface area (Å²) in [6.45, 7) is 5.15. The molecule has 2 aromatic carbocycles. The van der Waals surface area contributed by atoms with E-state index in [0.29, 0.717) is 18.8 Å². The van der Waals surface area contributed by atoms with E-state index in [2.05, 4.69) is 46.3 Å². The van der Waals surface area contributed by atoms with E-state index in [1.54, 1.807) is 7.11 Å². The number of aromatic nitrogens is 2. The van der Waals surface area contributed by atoms with Crippen molar-refractivity contribution in [2.75, 3.05) is 38.2 Å². The van der Waals surface area contributed by atoms with Crippen LogP contribution in [-0.4, -0.2) is 54.3 Å². The number of aromatic amines is 1. The van der Waals surface area contributed by atoms with Crippen LogP contribution in [0.1, 0.15) is 16.1 Å². The number of hydrogen-bond donors (Lipinski definition) is 1. The molecule has 0 aliphatic carbocycles. The Labute approximate surface area is 164 Å². The number of rotatable bonds is 4. The van der Waals surface area contributed by atoms with E-state index in [4.69, 9.17) is 4.74 Å². The number of H-pyrrole nitrogens is 1. The molecule has 1 saturated heterocycles. The summed E-state index contributed by atoms with van der Waals surface area (Å²) < 4.78 is 5.18. The molecule has 6 nitrogen and oxygen atoms in total. The van der Waals surface area contributed by atoms with Gasteiger partial charge in [-0.1, -0.05) is 12.1 Å². The third-order valence-electron chi connectivity index (χ3n) is 5.13. The van der Waals surface area contributed by atoms with Gasteiger partial charge in [0.2, 0.25) is 0 Å². The Kier molecular flexibility index (Phi) is 5.02. The van der Waals surface area contributed by atoms with Gasteiger partial charge >= 0.3 is 0 Å². The minimum atomic E-state index is -0.00356. The quantitative estimate of drug-likeness (QED) is 0.759. The molecule has 6 heteroatoms. The number of carbonyl (C=O) groups excluding carboxylic acids is 1. The van der Waals surface area contributed by atoms with Crippen molar-refractivity contribution in [3.05, 3.63) is 65.9 Å². The highest BCUT2D eigenvalue weighted by molar-refractivity contribution is 5.93. The molecule has 1 aliphatic heterocycles. The first-order valence-electron chi connectivity index (χ1n) is 9.45. The lowest BCUT2D eigenvalue weighted by atomic mass is 10.1.